The molecular formula is C27H19F4N3O4S. The molecule has 1 aromatic heterocycles. The van der Waals surface area contributed by atoms with Crippen molar-refractivity contribution in [1.82, 2.24) is 10.4 Å². The number of anilines is 1. The number of carbonyl (C=O) groups excluding carboxylic acids is 1. The molecule has 3 aromatic carbocycles. The number of fused-ring (bicyclic) bond motifs is 2. The number of pyridine rings is 1. The van der Waals surface area contributed by atoms with Gasteiger partial charge in [-0.1, -0.05) is 12.1 Å². The van der Waals surface area contributed by atoms with Gasteiger partial charge < -0.3 is 4.74 Å². The molecule has 2 aliphatic heterocycles. The van der Waals surface area contributed by atoms with Crippen molar-refractivity contribution in [2.75, 3.05) is 29.7 Å². The standard InChI is InChI=1S/C27H19F4N3O4S/c28-15-9-17(25(31)20(30)10-15)24-19(29)6-5-16-23(14-12-39(36,37)13-14)18(11-32-26(16)24)27(35)33-34-7-8-38-22-4-2-1-3-21(22)34/h1-6,9-11,14H,7-8,12-13H2,(H,33,35). The van der Waals surface area contributed by atoms with Gasteiger partial charge in [0.05, 0.1) is 34.8 Å². The molecule has 0 radical (unpaired) electrons. The lowest BCUT2D eigenvalue weighted by atomic mass is 9.90. The predicted molar refractivity (Wildman–Crippen MR) is 135 cm³/mol. The molecule has 1 amide bonds. The molecule has 0 aliphatic carbocycles. The van der Waals surface area contributed by atoms with Crippen LogP contribution in [-0.4, -0.2) is 44.0 Å². The fourth-order valence-corrected chi connectivity index (χ4v) is 6.54. The molecule has 1 fully saturated rings. The molecule has 4 aromatic rings. The van der Waals surface area contributed by atoms with Gasteiger partial charge in [-0.25, -0.2) is 26.0 Å². The number of halogens is 4. The summed E-state index contributed by atoms with van der Waals surface area (Å²) in [5, 5.41) is 1.76. The van der Waals surface area contributed by atoms with Crippen LogP contribution >= 0.6 is 0 Å². The van der Waals surface area contributed by atoms with E-state index < -0.39 is 56.1 Å². The number of hydrazine groups is 1. The predicted octanol–water partition coefficient (Wildman–Crippen LogP) is 4.51. The maximum Gasteiger partial charge on any atom is 0.271 e. The van der Waals surface area contributed by atoms with Gasteiger partial charge in [0.25, 0.3) is 5.91 Å². The van der Waals surface area contributed by atoms with Gasteiger partial charge in [0.1, 0.15) is 24.0 Å². The third kappa shape index (κ3) is 4.34. The number of nitrogens with zero attached hydrogens (tertiary/aromatic N) is 2. The summed E-state index contributed by atoms with van der Waals surface area (Å²) in [7, 11) is -3.36. The molecule has 200 valence electrons. The first kappa shape index (κ1) is 25.1. The number of sulfone groups is 1. The van der Waals surface area contributed by atoms with Gasteiger partial charge in [-0.2, -0.15) is 0 Å². The van der Waals surface area contributed by atoms with Crippen LogP contribution in [-0.2, 0) is 9.84 Å². The van der Waals surface area contributed by atoms with Crippen LogP contribution < -0.4 is 15.2 Å². The summed E-state index contributed by atoms with van der Waals surface area (Å²) in [4.78, 5) is 17.8. The molecule has 0 spiro atoms. The Morgan fingerprint density at radius 1 is 1.03 bits per heavy atom. The zero-order chi connectivity index (χ0) is 27.5. The normalized spacial score (nSPS) is 16.4. The summed E-state index contributed by atoms with van der Waals surface area (Å²) in [6.45, 7) is 0.635. The molecule has 0 unspecified atom stereocenters. The lowest BCUT2D eigenvalue weighted by Gasteiger charge is -2.32. The highest BCUT2D eigenvalue weighted by Crippen LogP contribution is 2.40. The summed E-state index contributed by atoms with van der Waals surface area (Å²) in [6.07, 6.45) is 1.14. The Morgan fingerprint density at radius 2 is 1.79 bits per heavy atom. The van der Waals surface area contributed by atoms with Gasteiger partial charge in [0.15, 0.2) is 21.5 Å². The number of ether oxygens (including phenoxy) is 1. The molecule has 0 atom stereocenters. The smallest absolute Gasteiger partial charge is 0.271 e. The van der Waals surface area contributed by atoms with Crippen molar-refractivity contribution in [2.24, 2.45) is 0 Å². The fraction of sp³-hybridized carbons (Fsp3) is 0.185. The van der Waals surface area contributed by atoms with Crippen molar-refractivity contribution in [3.8, 4) is 16.9 Å². The molecule has 2 aliphatic rings. The molecule has 0 bridgehead atoms. The Labute approximate surface area is 219 Å². The van der Waals surface area contributed by atoms with Gasteiger partial charge in [0.2, 0.25) is 0 Å². The number of benzene rings is 3. The van der Waals surface area contributed by atoms with Gasteiger partial charge in [-0.05, 0) is 35.9 Å². The topological polar surface area (TPSA) is 88.6 Å². The number of hydrogen-bond donors (Lipinski definition) is 1. The van der Waals surface area contributed by atoms with Crippen LogP contribution in [0.25, 0.3) is 22.0 Å². The minimum Gasteiger partial charge on any atom is -0.489 e. The SMILES string of the molecule is O=C(NN1CCOc2ccccc21)c1cnc2c(-c3cc(F)cc(F)c3F)c(F)ccc2c1C1CS(=O)(=O)C1. The van der Waals surface area contributed by atoms with E-state index in [2.05, 4.69) is 10.4 Å². The maximum atomic E-state index is 15.1. The van der Waals surface area contributed by atoms with Crippen LogP contribution in [0.1, 0.15) is 21.8 Å². The number of aromatic nitrogens is 1. The Morgan fingerprint density at radius 3 is 2.56 bits per heavy atom. The minimum absolute atomic E-state index is 0.0369. The van der Waals surface area contributed by atoms with E-state index in [4.69, 9.17) is 4.74 Å². The van der Waals surface area contributed by atoms with E-state index in [1.807, 2.05) is 0 Å². The molecule has 1 saturated heterocycles. The van der Waals surface area contributed by atoms with Crippen LogP contribution in [0.2, 0.25) is 0 Å². The molecule has 0 saturated carbocycles. The first-order chi connectivity index (χ1) is 18.6. The Bertz CT molecular complexity index is 1770. The largest absolute Gasteiger partial charge is 0.489 e. The quantitative estimate of drug-likeness (QED) is 0.294. The highest BCUT2D eigenvalue weighted by molar-refractivity contribution is 7.92. The van der Waals surface area contributed by atoms with Gasteiger partial charge >= 0.3 is 0 Å². The van der Waals surface area contributed by atoms with E-state index in [0.29, 0.717) is 36.7 Å². The second kappa shape index (κ2) is 9.23. The van der Waals surface area contributed by atoms with E-state index in [1.165, 1.54) is 6.07 Å². The zero-order valence-electron chi connectivity index (χ0n) is 20.0. The molecule has 7 nitrogen and oxygen atoms in total. The first-order valence-corrected chi connectivity index (χ1v) is 13.7. The number of nitrogens with one attached hydrogen (secondary N) is 1. The second-order valence-corrected chi connectivity index (χ2v) is 11.5. The lowest BCUT2D eigenvalue weighted by molar-refractivity contribution is 0.0943. The Kier molecular flexibility index (Phi) is 5.94. The Hall–Kier alpha value is -4.19. The van der Waals surface area contributed by atoms with Crippen molar-refractivity contribution < 1.29 is 35.5 Å². The zero-order valence-corrected chi connectivity index (χ0v) is 20.9. The first-order valence-electron chi connectivity index (χ1n) is 11.9. The van der Waals surface area contributed by atoms with Crippen LogP contribution in [0.3, 0.4) is 0 Å². The molecule has 3 heterocycles. The Balaban J connectivity index is 1.50. The van der Waals surface area contributed by atoms with Crippen LogP contribution in [0.15, 0.2) is 54.7 Å². The summed E-state index contributed by atoms with van der Waals surface area (Å²) < 4.78 is 87.5. The van der Waals surface area contributed by atoms with E-state index in [1.54, 1.807) is 29.3 Å². The van der Waals surface area contributed by atoms with Gasteiger partial charge in [-0.3, -0.25) is 20.2 Å². The monoisotopic (exact) mass is 557 g/mol. The highest BCUT2D eigenvalue weighted by atomic mass is 32.2. The van der Waals surface area contributed by atoms with Crippen LogP contribution in [0.5, 0.6) is 5.75 Å². The lowest BCUT2D eigenvalue weighted by Crippen LogP contribution is -2.47. The van der Waals surface area contributed by atoms with Crippen molar-refractivity contribution in [1.29, 1.82) is 0 Å². The molecule has 12 heteroatoms. The summed E-state index contributed by atoms with van der Waals surface area (Å²) in [5.74, 6) is -6.28. The van der Waals surface area contributed by atoms with E-state index in [-0.39, 0.29) is 33.5 Å². The third-order valence-corrected chi connectivity index (χ3v) is 8.64. The van der Waals surface area contributed by atoms with Crippen molar-refractivity contribution in [2.45, 2.75) is 5.92 Å². The van der Waals surface area contributed by atoms with Crippen molar-refractivity contribution in [3.63, 3.8) is 0 Å². The molecular weight excluding hydrogens is 538 g/mol. The summed E-state index contributed by atoms with van der Waals surface area (Å²) in [5.41, 5.74) is 2.38. The van der Waals surface area contributed by atoms with E-state index in [9.17, 15) is 26.4 Å². The van der Waals surface area contributed by atoms with E-state index in [0.717, 1.165) is 12.3 Å². The van der Waals surface area contributed by atoms with Crippen LogP contribution in [0, 0.1) is 23.3 Å². The molecule has 6 rings (SSSR count). The number of hydrogen-bond acceptors (Lipinski definition) is 6. The summed E-state index contributed by atoms with van der Waals surface area (Å²) in [6, 6.07) is 10.3. The van der Waals surface area contributed by atoms with E-state index >= 15 is 4.39 Å². The number of rotatable bonds is 4. The van der Waals surface area contributed by atoms with Gasteiger partial charge in [-0.15, -0.1) is 0 Å². The molecule has 39 heavy (non-hydrogen) atoms. The van der Waals surface area contributed by atoms with Crippen molar-refractivity contribution >= 4 is 32.3 Å². The second-order valence-electron chi connectivity index (χ2n) is 9.34. The van der Waals surface area contributed by atoms with Crippen LogP contribution in [0.4, 0.5) is 23.2 Å². The third-order valence-electron chi connectivity index (χ3n) is 6.82. The maximum absolute atomic E-state index is 15.1. The average molecular weight is 558 g/mol. The molecule has 1 N–H and O–H groups in total. The minimum atomic E-state index is -3.36. The number of carbonyl (C=O) groups is 1. The van der Waals surface area contributed by atoms with Crippen molar-refractivity contribution in [3.05, 3.63) is 89.1 Å². The van der Waals surface area contributed by atoms with Gasteiger partial charge in [0, 0.05) is 34.7 Å². The number of amides is 1. The fourth-order valence-electron chi connectivity index (χ4n) is 5.08. The average Bonchev–Trinajstić information content (AvgIpc) is 2.89. The highest BCUT2D eigenvalue weighted by Gasteiger charge is 2.38. The summed E-state index contributed by atoms with van der Waals surface area (Å²) >= 11 is 0. The number of para-hydroxylation sites is 2.